The molecule has 2 aromatic carbocycles. The number of carbonyl (C=O) groups is 2. The van der Waals surface area contributed by atoms with Crippen LogP contribution in [-0.2, 0) is 11.2 Å². The summed E-state index contributed by atoms with van der Waals surface area (Å²) in [4.78, 5) is 28.4. The molecule has 0 saturated carbocycles. The van der Waals surface area contributed by atoms with Crippen molar-refractivity contribution in [3.05, 3.63) is 65.2 Å². The van der Waals surface area contributed by atoms with Crippen LogP contribution in [-0.4, -0.2) is 49.3 Å². The van der Waals surface area contributed by atoms with Crippen LogP contribution in [0.25, 0.3) is 0 Å². The highest BCUT2D eigenvalue weighted by molar-refractivity contribution is 5.94. The summed E-state index contributed by atoms with van der Waals surface area (Å²) < 4.78 is 0. The Balaban J connectivity index is 1.45. The third kappa shape index (κ3) is 5.67. The molecule has 1 atom stereocenters. The highest BCUT2D eigenvalue weighted by Crippen LogP contribution is 2.18. The van der Waals surface area contributed by atoms with Gasteiger partial charge in [-0.1, -0.05) is 31.2 Å². The molecule has 0 spiro atoms. The van der Waals surface area contributed by atoms with Gasteiger partial charge in [-0.25, -0.2) is 0 Å². The number of carbonyl (C=O) groups excluding carboxylic acids is 2. The van der Waals surface area contributed by atoms with E-state index in [4.69, 9.17) is 0 Å². The molecule has 5 nitrogen and oxygen atoms in total. The summed E-state index contributed by atoms with van der Waals surface area (Å²) >= 11 is 0. The molecule has 1 heterocycles. The summed E-state index contributed by atoms with van der Waals surface area (Å²) in [5.74, 6) is 0.152. The molecule has 2 aromatic rings. The quantitative estimate of drug-likeness (QED) is 0.732. The molecule has 154 valence electrons. The number of benzene rings is 2. The van der Waals surface area contributed by atoms with Crippen LogP contribution in [0.5, 0.6) is 0 Å². The third-order valence-electron chi connectivity index (χ3n) is 5.64. The zero-order chi connectivity index (χ0) is 20.8. The van der Waals surface area contributed by atoms with Gasteiger partial charge in [-0.15, -0.1) is 0 Å². The Morgan fingerprint density at radius 1 is 0.966 bits per heavy atom. The van der Waals surface area contributed by atoms with Gasteiger partial charge in [-0.3, -0.25) is 14.5 Å². The molecule has 0 bridgehead atoms. The van der Waals surface area contributed by atoms with Crippen molar-refractivity contribution in [1.29, 1.82) is 0 Å². The topological polar surface area (TPSA) is 52.7 Å². The van der Waals surface area contributed by atoms with Gasteiger partial charge in [0.1, 0.15) is 0 Å². The minimum atomic E-state index is 0.00878. The van der Waals surface area contributed by atoms with Crippen LogP contribution in [0, 0.1) is 0 Å². The normalized spacial score (nSPS) is 15.8. The first-order valence-electron chi connectivity index (χ1n) is 10.4. The fraction of sp³-hybridized carbons (Fsp3) is 0.417. The minimum Gasteiger partial charge on any atom is -0.369 e. The van der Waals surface area contributed by atoms with Crippen molar-refractivity contribution in [2.24, 2.45) is 0 Å². The van der Waals surface area contributed by atoms with E-state index in [1.54, 1.807) is 6.92 Å². The second-order valence-corrected chi connectivity index (χ2v) is 7.75. The van der Waals surface area contributed by atoms with Gasteiger partial charge in [-0.05, 0) is 55.7 Å². The van der Waals surface area contributed by atoms with Crippen LogP contribution >= 0.6 is 0 Å². The van der Waals surface area contributed by atoms with Crippen molar-refractivity contribution in [3.63, 3.8) is 0 Å². The van der Waals surface area contributed by atoms with Gasteiger partial charge in [-0.2, -0.15) is 0 Å². The van der Waals surface area contributed by atoms with Crippen LogP contribution in [0.1, 0.15) is 48.3 Å². The standard InChI is InChI=1S/C24H31N3O2/c1-4-20-5-7-21(8-6-20)18(2)25-24(29)17-26-13-15-27(16-14-26)23-11-9-22(10-12-23)19(3)28/h5-12,18H,4,13-17H2,1-3H3,(H,25,29)/t18-/m1/s1. The fourth-order valence-electron chi connectivity index (χ4n) is 3.69. The highest BCUT2D eigenvalue weighted by Gasteiger charge is 2.20. The SMILES string of the molecule is CCc1ccc([C@@H](C)NC(=O)CN2CCN(c3ccc(C(C)=O)cc3)CC2)cc1. The Morgan fingerprint density at radius 2 is 1.59 bits per heavy atom. The lowest BCUT2D eigenvalue weighted by molar-refractivity contribution is -0.123. The number of hydrogen-bond acceptors (Lipinski definition) is 4. The molecule has 1 saturated heterocycles. The Morgan fingerprint density at radius 3 is 2.14 bits per heavy atom. The number of amides is 1. The predicted octanol–water partition coefficient (Wildman–Crippen LogP) is 3.45. The van der Waals surface area contributed by atoms with Crippen LogP contribution in [0.4, 0.5) is 5.69 Å². The Hall–Kier alpha value is -2.66. The first-order chi connectivity index (χ1) is 14.0. The van der Waals surface area contributed by atoms with Crippen molar-refractivity contribution in [2.45, 2.75) is 33.2 Å². The summed E-state index contributed by atoms with van der Waals surface area (Å²) in [6.45, 7) is 9.63. The summed E-state index contributed by atoms with van der Waals surface area (Å²) in [5.41, 5.74) is 4.31. The molecule has 1 amide bonds. The Kier molecular flexibility index (Phi) is 7.04. The Bertz CT molecular complexity index is 822. The first-order valence-corrected chi connectivity index (χ1v) is 10.4. The van der Waals surface area contributed by atoms with Gasteiger partial charge in [0.2, 0.25) is 5.91 Å². The molecule has 0 aliphatic carbocycles. The van der Waals surface area contributed by atoms with Crippen molar-refractivity contribution < 1.29 is 9.59 Å². The van der Waals surface area contributed by atoms with Gasteiger partial charge < -0.3 is 10.2 Å². The van der Waals surface area contributed by atoms with Gasteiger partial charge in [0.05, 0.1) is 12.6 Å². The number of piperazine rings is 1. The summed E-state index contributed by atoms with van der Waals surface area (Å²) in [7, 11) is 0. The summed E-state index contributed by atoms with van der Waals surface area (Å²) in [6, 6.07) is 16.2. The number of anilines is 1. The number of nitrogens with zero attached hydrogens (tertiary/aromatic N) is 2. The summed E-state index contributed by atoms with van der Waals surface area (Å²) in [5, 5.41) is 3.11. The van der Waals surface area contributed by atoms with Gasteiger partial charge in [0.25, 0.3) is 0 Å². The molecular weight excluding hydrogens is 362 g/mol. The van der Waals surface area contributed by atoms with E-state index < -0.39 is 0 Å². The van der Waals surface area contributed by atoms with Crippen LogP contribution in [0.15, 0.2) is 48.5 Å². The number of hydrogen-bond donors (Lipinski definition) is 1. The average Bonchev–Trinajstić information content (AvgIpc) is 2.74. The average molecular weight is 394 g/mol. The number of ketones is 1. The maximum atomic E-state index is 12.5. The second-order valence-electron chi connectivity index (χ2n) is 7.75. The molecule has 5 heteroatoms. The fourth-order valence-corrected chi connectivity index (χ4v) is 3.69. The molecule has 1 fully saturated rings. The second kappa shape index (κ2) is 9.70. The maximum Gasteiger partial charge on any atom is 0.234 e. The Labute approximate surface area is 173 Å². The van der Waals surface area contributed by atoms with Crippen LogP contribution < -0.4 is 10.2 Å². The maximum absolute atomic E-state index is 12.5. The van der Waals surface area contributed by atoms with E-state index in [0.29, 0.717) is 6.54 Å². The van der Waals surface area contributed by atoms with Crippen LogP contribution in [0.2, 0.25) is 0 Å². The van der Waals surface area contributed by atoms with Crippen LogP contribution in [0.3, 0.4) is 0 Å². The van der Waals surface area contributed by atoms with Gasteiger partial charge in [0, 0.05) is 37.4 Å². The van der Waals surface area contributed by atoms with Gasteiger partial charge in [0.15, 0.2) is 5.78 Å². The molecule has 0 unspecified atom stereocenters. The lowest BCUT2D eigenvalue weighted by Crippen LogP contribution is -2.49. The van der Waals surface area contributed by atoms with Crippen molar-refractivity contribution >= 4 is 17.4 Å². The molecule has 29 heavy (non-hydrogen) atoms. The van der Waals surface area contributed by atoms with E-state index in [0.717, 1.165) is 49.4 Å². The molecule has 1 N–H and O–H groups in total. The number of nitrogens with one attached hydrogen (secondary N) is 1. The monoisotopic (exact) mass is 393 g/mol. The molecule has 0 radical (unpaired) electrons. The first kappa shape index (κ1) is 21.1. The minimum absolute atomic E-state index is 0.00878. The van der Waals surface area contributed by atoms with Crippen molar-refractivity contribution in [1.82, 2.24) is 10.2 Å². The summed E-state index contributed by atoms with van der Waals surface area (Å²) in [6.07, 6.45) is 1.02. The number of rotatable bonds is 7. The molecule has 3 rings (SSSR count). The highest BCUT2D eigenvalue weighted by atomic mass is 16.2. The molecule has 0 aromatic heterocycles. The zero-order valence-corrected chi connectivity index (χ0v) is 17.6. The smallest absolute Gasteiger partial charge is 0.234 e. The van der Waals surface area contributed by atoms with E-state index in [1.165, 1.54) is 5.56 Å². The lowest BCUT2D eigenvalue weighted by Gasteiger charge is -2.36. The number of Topliss-reactive ketones (excluding diaryl/α,β-unsaturated/α-hetero) is 1. The van der Waals surface area contributed by atoms with Gasteiger partial charge >= 0.3 is 0 Å². The van der Waals surface area contributed by atoms with E-state index in [9.17, 15) is 9.59 Å². The van der Waals surface area contributed by atoms with Crippen molar-refractivity contribution in [2.75, 3.05) is 37.6 Å². The molecular formula is C24H31N3O2. The van der Waals surface area contributed by atoms with E-state index in [-0.39, 0.29) is 17.7 Å². The zero-order valence-electron chi connectivity index (χ0n) is 17.6. The third-order valence-corrected chi connectivity index (χ3v) is 5.64. The predicted molar refractivity (Wildman–Crippen MR) is 117 cm³/mol. The molecule has 1 aliphatic rings. The largest absolute Gasteiger partial charge is 0.369 e. The number of aryl methyl sites for hydroxylation is 1. The van der Waals surface area contributed by atoms with E-state index >= 15 is 0 Å². The lowest BCUT2D eigenvalue weighted by atomic mass is 10.0. The molecule has 1 aliphatic heterocycles. The van der Waals surface area contributed by atoms with E-state index in [1.807, 2.05) is 31.2 Å². The van der Waals surface area contributed by atoms with E-state index in [2.05, 4.69) is 46.3 Å². The van der Waals surface area contributed by atoms with Crippen molar-refractivity contribution in [3.8, 4) is 0 Å².